The minimum Gasteiger partial charge on any atom is -0.451 e. The molecule has 0 radical (unpaired) electrons. The molecule has 0 saturated carbocycles. The molecule has 2 heterocycles. The SMILES string of the molecule is C=CCN(CC=C)S(=O)(=O)c1ccc(C(=O)Nc2nnc(-c3cc4ccccc4o3)o2)cc1. The third-order valence-corrected chi connectivity index (χ3v) is 6.55. The number of carbonyl (C=O) groups excluding carboxylic acids is 1. The number of amides is 1. The van der Waals surface area contributed by atoms with E-state index < -0.39 is 15.9 Å². The largest absolute Gasteiger partial charge is 0.451 e. The van der Waals surface area contributed by atoms with Crippen molar-refractivity contribution in [3.63, 3.8) is 0 Å². The molecule has 0 bridgehead atoms. The topological polar surface area (TPSA) is 119 Å². The maximum atomic E-state index is 12.8. The summed E-state index contributed by atoms with van der Waals surface area (Å²) in [5.41, 5.74) is 0.891. The Morgan fingerprint density at radius 1 is 1.00 bits per heavy atom. The number of anilines is 1. The first-order valence-electron chi connectivity index (χ1n) is 9.88. The number of benzene rings is 2. The van der Waals surface area contributed by atoms with Crippen LogP contribution in [-0.2, 0) is 10.0 Å². The second-order valence-electron chi connectivity index (χ2n) is 6.94. The smallest absolute Gasteiger partial charge is 0.322 e. The molecule has 0 aliphatic heterocycles. The second kappa shape index (κ2) is 9.23. The van der Waals surface area contributed by atoms with Crippen LogP contribution in [0.15, 0.2) is 93.6 Å². The van der Waals surface area contributed by atoms with Crippen LogP contribution in [0.2, 0.25) is 0 Å². The number of para-hydroxylation sites is 1. The van der Waals surface area contributed by atoms with Crippen molar-refractivity contribution in [2.24, 2.45) is 0 Å². The van der Waals surface area contributed by atoms with Crippen molar-refractivity contribution in [1.82, 2.24) is 14.5 Å². The molecule has 0 fully saturated rings. The molecule has 2 aromatic carbocycles. The van der Waals surface area contributed by atoms with Gasteiger partial charge in [-0.25, -0.2) is 8.42 Å². The zero-order valence-electron chi connectivity index (χ0n) is 17.5. The zero-order chi connectivity index (χ0) is 23.4. The van der Waals surface area contributed by atoms with E-state index in [1.165, 1.54) is 40.7 Å². The van der Waals surface area contributed by atoms with E-state index >= 15 is 0 Å². The Bertz CT molecular complexity index is 1380. The molecule has 1 amide bonds. The molecule has 0 aliphatic rings. The number of rotatable bonds is 9. The van der Waals surface area contributed by atoms with Gasteiger partial charge in [0.25, 0.3) is 11.8 Å². The van der Waals surface area contributed by atoms with Gasteiger partial charge in [0.1, 0.15) is 5.58 Å². The van der Waals surface area contributed by atoms with Gasteiger partial charge >= 0.3 is 6.01 Å². The second-order valence-corrected chi connectivity index (χ2v) is 8.88. The highest BCUT2D eigenvalue weighted by molar-refractivity contribution is 7.89. The van der Waals surface area contributed by atoms with Crippen molar-refractivity contribution < 1.29 is 22.0 Å². The number of carbonyl (C=O) groups is 1. The molecule has 4 aromatic rings. The summed E-state index contributed by atoms with van der Waals surface area (Å²) in [5, 5.41) is 11.1. The summed E-state index contributed by atoms with van der Waals surface area (Å²) in [4.78, 5) is 12.6. The van der Waals surface area contributed by atoms with Gasteiger partial charge in [-0.1, -0.05) is 35.4 Å². The first-order valence-corrected chi connectivity index (χ1v) is 11.3. The van der Waals surface area contributed by atoms with Gasteiger partial charge in [-0.05, 0) is 36.4 Å². The molecule has 33 heavy (non-hydrogen) atoms. The monoisotopic (exact) mass is 464 g/mol. The molecule has 0 aliphatic carbocycles. The summed E-state index contributed by atoms with van der Waals surface area (Å²) < 4.78 is 37.9. The van der Waals surface area contributed by atoms with Crippen LogP contribution >= 0.6 is 0 Å². The molecule has 4 rings (SSSR count). The zero-order valence-corrected chi connectivity index (χ0v) is 18.3. The molecule has 2 aromatic heterocycles. The van der Waals surface area contributed by atoms with Gasteiger partial charge in [0.15, 0.2) is 5.76 Å². The van der Waals surface area contributed by atoms with E-state index in [1.807, 2.05) is 24.3 Å². The molecular formula is C23H20N4O5S. The number of aromatic nitrogens is 2. The average Bonchev–Trinajstić information content (AvgIpc) is 3.46. The van der Waals surface area contributed by atoms with Crippen molar-refractivity contribution in [2.45, 2.75) is 4.90 Å². The van der Waals surface area contributed by atoms with E-state index in [4.69, 9.17) is 8.83 Å². The lowest BCUT2D eigenvalue weighted by Crippen LogP contribution is -2.31. The molecular weight excluding hydrogens is 444 g/mol. The Morgan fingerprint density at radius 2 is 1.70 bits per heavy atom. The summed E-state index contributed by atoms with van der Waals surface area (Å²) in [6, 6.07) is 14.6. The van der Waals surface area contributed by atoms with Gasteiger partial charge in [0, 0.05) is 24.0 Å². The minimum absolute atomic E-state index is 0.0488. The Hall–Kier alpha value is -4.02. The van der Waals surface area contributed by atoms with E-state index in [-0.39, 0.29) is 35.5 Å². The van der Waals surface area contributed by atoms with Crippen LogP contribution < -0.4 is 5.32 Å². The first kappa shape index (κ1) is 22.2. The van der Waals surface area contributed by atoms with E-state index in [1.54, 1.807) is 6.07 Å². The van der Waals surface area contributed by atoms with Crippen molar-refractivity contribution in [3.8, 4) is 11.7 Å². The maximum absolute atomic E-state index is 12.8. The Morgan fingerprint density at radius 3 is 2.36 bits per heavy atom. The Labute approximate surface area is 190 Å². The molecule has 1 N–H and O–H groups in total. The predicted molar refractivity (Wildman–Crippen MR) is 123 cm³/mol. The normalized spacial score (nSPS) is 11.5. The van der Waals surface area contributed by atoms with E-state index in [2.05, 4.69) is 28.7 Å². The lowest BCUT2D eigenvalue weighted by Gasteiger charge is -2.19. The fourth-order valence-electron chi connectivity index (χ4n) is 3.12. The van der Waals surface area contributed by atoms with Crippen molar-refractivity contribution in [2.75, 3.05) is 18.4 Å². The summed E-state index contributed by atoms with van der Waals surface area (Å²) in [5.74, 6) is -0.0392. The number of nitrogens with zero attached hydrogens (tertiary/aromatic N) is 3. The minimum atomic E-state index is -3.76. The predicted octanol–water partition coefficient (Wildman–Crippen LogP) is 4.10. The Kier molecular flexibility index (Phi) is 6.20. The quantitative estimate of drug-likeness (QED) is 0.371. The summed E-state index contributed by atoms with van der Waals surface area (Å²) in [6.45, 7) is 7.44. The van der Waals surface area contributed by atoms with Gasteiger partial charge in [-0.2, -0.15) is 4.31 Å². The van der Waals surface area contributed by atoms with Crippen LogP contribution in [0.3, 0.4) is 0 Å². The van der Waals surface area contributed by atoms with Gasteiger partial charge in [-0.15, -0.1) is 18.3 Å². The standard InChI is InChI=1S/C23H20N4O5S/c1-3-13-27(14-4-2)33(29,30)18-11-9-16(10-12-18)21(28)24-23-26-25-22(32-23)20-15-17-7-5-6-8-19(17)31-20/h3-12,15H,1-2,13-14H2,(H,24,26,28). The number of hydrogen-bond acceptors (Lipinski definition) is 7. The van der Waals surface area contributed by atoms with Crippen LogP contribution in [-0.4, -0.2) is 41.9 Å². The number of hydrogen-bond donors (Lipinski definition) is 1. The third-order valence-electron chi connectivity index (χ3n) is 4.70. The fraction of sp³-hybridized carbons (Fsp3) is 0.0870. The van der Waals surface area contributed by atoms with E-state index in [0.717, 1.165) is 5.39 Å². The van der Waals surface area contributed by atoms with Crippen LogP contribution in [0, 0.1) is 0 Å². The number of sulfonamides is 1. The molecule has 0 saturated heterocycles. The highest BCUT2D eigenvalue weighted by Gasteiger charge is 2.23. The van der Waals surface area contributed by atoms with Crippen LogP contribution in [0.5, 0.6) is 0 Å². The molecule has 9 nitrogen and oxygen atoms in total. The van der Waals surface area contributed by atoms with Crippen LogP contribution in [0.25, 0.3) is 22.6 Å². The van der Waals surface area contributed by atoms with Crippen molar-refractivity contribution in [3.05, 3.63) is 85.5 Å². The highest BCUT2D eigenvalue weighted by Crippen LogP contribution is 2.27. The third kappa shape index (κ3) is 4.61. The van der Waals surface area contributed by atoms with Crippen molar-refractivity contribution in [1.29, 1.82) is 0 Å². The molecule has 168 valence electrons. The fourth-order valence-corrected chi connectivity index (χ4v) is 4.50. The van der Waals surface area contributed by atoms with Crippen molar-refractivity contribution >= 4 is 32.9 Å². The lowest BCUT2D eigenvalue weighted by molar-refractivity contribution is 0.102. The molecule has 0 atom stereocenters. The first-order chi connectivity index (χ1) is 15.9. The van der Waals surface area contributed by atoms with Crippen LogP contribution in [0.4, 0.5) is 6.01 Å². The molecule has 0 spiro atoms. The summed E-state index contributed by atoms with van der Waals surface area (Å²) in [7, 11) is -3.76. The van der Waals surface area contributed by atoms with Gasteiger partial charge in [0.05, 0.1) is 4.90 Å². The number of nitrogens with one attached hydrogen (secondary N) is 1. The van der Waals surface area contributed by atoms with Gasteiger partial charge < -0.3 is 8.83 Å². The maximum Gasteiger partial charge on any atom is 0.322 e. The number of fused-ring (bicyclic) bond motifs is 1. The van der Waals surface area contributed by atoms with Crippen LogP contribution in [0.1, 0.15) is 10.4 Å². The average molecular weight is 465 g/mol. The lowest BCUT2D eigenvalue weighted by atomic mass is 10.2. The highest BCUT2D eigenvalue weighted by atomic mass is 32.2. The van der Waals surface area contributed by atoms with E-state index in [9.17, 15) is 13.2 Å². The molecule has 0 unspecified atom stereocenters. The summed E-state index contributed by atoms with van der Waals surface area (Å²) >= 11 is 0. The van der Waals surface area contributed by atoms with E-state index in [0.29, 0.717) is 11.3 Å². The van der Waals surface area contributed by atoms with Gasteiger partial charge in [0.2, 0.25) is 10.0 Å². The summed E-state index contributed by atoms with van der Waals surface area (Å²) in [6.07, 6.45) is 2.99. The number of furan rings is 1. The Balaban J connectivity index is 1.48. The molecule has 10 heteroatoms. The van der Waals surface area contributed by atoms with Gasteiger partial charge in [-0.3, -0.25) is 10.1 Å².